The van der Waals surface area contributed by atoms with Crippen LogP contribution in [-0.4, -0.2) is 11.7 Å². The molecule has 0 spiro atoms. The van der Waals surface area contributed by atoms with Gasteiger partial charge in [0.2, 0.25) is 0 Å². The predicted octanol–water partition coefficient (Wildman–Crippen LogP) is 3.45. The number of ether oxygens (including phenoxy) is 1. The zero-order valence-electron chi connectivity index (χ0n) is 10.9. The highest BCUT2D eigenvalue weighted by Crippen LogP contribution is 2.37. The van der Waals surface area contributed by atoms with Crippen molar-refractivity contribution in [3.8, 4) is 5.75 Å². The van der Waals surface area contributed by atoms with E-state index >= 15 is 0 Å². The minimum Gasteiger partial charge on any atom is -0.493 e. The van der Waals surface area contributed by atoms with Crippen molar-refractivity contribution in [2.75, 3.05) is 6.61 Å². The SMILES string of the molecule is OC(c1cc2ccccc2o1)c1cccc2c1OCC2. The summed E-state index contributed by atoms with van der Waals surface area (Å²) >= 11 is 0. The highest BCUT2D eigenvalue weighted by molar-refractivity contribution is 5.78. The first-order valence-corrected chi connectivity index (χ1v) is 6.74. The summed E-state index contributed by atoms with van der Waals surface area (Å²) < 4.78 is 11.4. The van der Waals surface area contributed by atoms with Crippen LogP contribution in [0.2, 0.25) is 0 Å². The Morgan fingerprint density at radius 3 is 2.85 bits per heavy atom. The molecule has 0 amide bonds. The average Bonchev–Trinajstić information content (AvgIpc) is 3.12. The van der Waals surface area contributed by atoms with Crippen LogP contribution in [0.3, 0.4) is 0 Å². The van der Waals surface area contributed by atoms with Crippen LogP contribution in [0.5, 0.6) is 5.75 Å². The summed E-state index contributed by atoms with van der Waals surface area (Å²) in [5.74, 6) is 1.36. The predicted molar refractivity (Wildman–Crippen MR) is 75.9 cm³/mol. The van der Waals surface area contributed by atoms with Gasteiger partial charge in [0.15, 0.2) is 0 Å². The molecular formula is C17H14O3. The number of furan rings is 1. The fraction of sp³-hybridized carbons (Fsp3) is 0.176. The second-order valence-corrected chi connectivity index (χ2v) is 5.02. The Morgan fingerprint density at radius 1 is 1.05 bits per heavy atom. The molecule has 0 radical (unpaired) electrons. The first-order chi connectivity index (χ1) is 9.83. The number of hydrogen-bond acceptors (Lipinski definition) is 3. The monoisotopic (exact) mass is 266 g/mol. The fourth-order valence-corrected chi connectivity index (χ4v) is 2.75. The highest BCUT2D eigenvalue weighted by Gasteiger charge is 2.24. The van der Waals surface area contributed by atoms with E-state index in [1.807, 2.05) is 48.5 Å². The van der Waals surface area contributed by atoms with Crippen LogP contribution in [0.15, 0.2) is 52.9 Å². The zero-order valence-corrected chi connectivity index (χ0v) is 10.9. The van der Waals surface area contributed by atoms with E-state index in [0.717, 1.165) is 34.3 Å². The highest BCUT2D eigenvalue weighted by atomic mass is 16.5. The molecule has 3 heteroatoms. The summed E-state index contributed by atoms with van der Waals surface area (Å²) in [6.45, 7) is 0.680. The molecule has 1 N–H and O–H groups in total. The third-order valence-corrected chi connectivity index (χ3v) is 3.75. The van der Waals surface area contributed by atoms with Gasteiger partial charge >= 0.3 is 0 Å². The summed E-state index contributed by atoms with van der Waals surface area (Å²) in [6.07, 6.45) is 0.103. The first kappa shape index (κ1) is 11.6. The van der Waals surface area contributed by atoms with Gasteiger partial charge in [-0.15, -0.1) is 0 Å². The summed E-state index contributed by atoms with van der Waals surface area (Å²) in [7, 11) is 0. The van der Waals surface area contributed by atoms with Gasteiger partial charge in [0.1, 0.15) is 23.2 Å². The second-order valence-electron chi connectivity index (χ2n) is 5.02. The van der Waals surface area contributed by atoms with Crippen LogP contribution >= 0.6 is 0 Å². The maximum Gasteiger partial charge on any atom is 0.140 e. The van der Waals surface area contributed by atoms with E-state index in [1.54, 1.807) is 0 Å². The molecule has 0 fully saturated rings. The molecule has 0 bridgehead atoms. The Morgan fingerprint density at radius 2 is 1.95 bits per heavy atom. The Bertz CT molecular complexity index is 740. The van der Waals surface area contributed by atoms with Crippen molar-refractivity contribution in [2.24, 2.45) is 0 Å². The molecule has 1 unspecified atom stereocenters. The normalized spacial score (nSPS) is 15.1. The lowest BCUT2D eigenvalue weighted by Gasteiger charge is -2.12. The number of para-hydroxylation sites is 2. The summed E-state index contributed by atoms with van der Waals surface area (Å²) in [4.78, 5) is 0. The van der Waals surface area contributed by atoms with Gasteiger partial charge in [-0.05, 0) is 17.7 Å². The lowest BCUT2D eigenvalue weighted by atomic mass is 10.0. The Kier molecular flexibility index (Phi) is 2.54. The Hall–Kier alpha value is -2.26. The van der Waals surface area contributed by atoms with Gasteiger partial charge in [0.25, 0.3) is 0 Å². The fourth-order valence-electron chi connectivity index (χ4n) is 2.75. The quantitative estimate of drug-likeness (QED) is 0.772. The van der Waals surface area contributed by atoms with Gasteiger partial charge in [-0.25, -0.2) is 0 Å². The molecule has 1 aliphatic heterocycles. The Balaban J connectivity index is 1.80. The summed E-state index contributed by atoms with van der Waals surface area (Å²) in [5, 5.41) is 11.6. The van der Waals surface area contributed by atoms with Gasteiger partial charge in [-0.1, -0.05) is 36.4 Å². The standard InChI is InChI=1S/C17H14O3/c18-16(13-6-3-5-11-8-9-19-17(11)13)15-10-12-4-1-2-7-14(12)20-15/h1-7,10,16,18H,8-9H2. The van der Waals surface area contributed by atoms with E-state index in [0.29, 0.717) is 12.4 Å². The second kappa shape index (κ2) is 4.39. The summed E-state index contributed by atoms with van der Waals surface area (Å²) in [5.41, 5.74) is 2.71. The number of aliphatic hydroxyl groups excluding tert-OH is 1. The molecule has 20 heavy (non-hydrogen) atoms. The minimum absolute atomic E-state index is 0.551. The molecule has 2 heterocycles. The lowest BCUT2D eigenvalue weighted by Crippen LogP contribution is -2.00. The lowest BCUT2D eigenvalue weighted by molar-refractivity contribution is 0.187. The van der Waals surface area contributed by atoms with Crippen LogP contribution in [0.25, 0.3) is 11.0 Å². The van der Waals surface area contributed by atoms with Gasteiger partial charge in [0, 0.05) is 17.4 Å². The van der Waals surface area contributed by atoms with Crippen LogP contribution in [-0.2, 0) is 6.42 Å². The van der Waals surface area contributed by atoms with Crippen molar-refractivity contribution in [1.82, 2.24) is 0 Å². The molecule has 100 valence electrons. The van der Waals surface area contributed by atoms with Crippen LogP contribution in [0, 0.1) is 0 Å². The molecule has 0 saturated heterocycles. The molecule has 1 aliphatic rings. The third-order valence-electron chi connectivity index (χ3n) is 3.75. The topological polar surface area (TPSA) is 42.6 Å². The van der Waals surface area contributed by atoms with Crippen molar-refractivity contribution in [3.63, 3.8) is 0 Å². The maximum atomic E-state index is 10.6. The average molecular weight is 266 g/mol. The third kappa shape index (κ3) is 1.71. The number of benzene rings is 2. The summed E-state index contributed by atoms with van der Waals surface area (Å²) in [6, 6.07) is 15.5. The van der Waals surface area contributed by atoms with E-state index in [4.69, 9.17) is 9.15 Å². The van der Waals surface area contributed by atoms with Gasteiger partial charge in [-0.3, -0.25) is 0 Å². The minimum atomic E-state index is -0.796. The van der Waals surface area contributed by atoms with Gasteiger partial charge in [0.05, 0.1) is 6.61 Å². The Labute approximate surface area is 116 Å². The van der Waals surface area contributed by atoms with Crippen molar-refractivity contribution >= 4 is 11.0 Å². The van der Waals surface area contributed by atoms with Crippen LogP contribution in [0.4, 0.5) is 0 Å². The number of fused-ring (bicyclic) bond motifs is 2. The maximum absolute atomic E-state index is 10.6. The molecule has 0 aliphatic carbocycles. The van der Waals surface area contributed by atoms with Crippen molar-refractivity contribution < 1.29 is 14.3 Å². The van der Waals surface area contributed by atoms with E-state index in [1.165, 1.54) is 0 Å². The number of hydrogen-bond donors (Lipinski definition) is 1. The van der Waals surface area contributed by atoms with Crippen LogP contribution in [0.1, 0.15) is 23.0 Å². The molecule has 2 aromatic carbocycles. The molecule has 1 aromatic heterocycles. The molecule has 1 atom stereocenters. The zero-order chi connectivity index (χ0) is 13.5. The van der Waals surface area contributed by atoms with Crippen molar-refractivity contribution in [2.45, 2.75) is 12.5 Å². The van der Waals surface area contributed by atoms with Gasteiger partial charge in [-0.2, -0.15) is 0 Å². The van der Waals surface area contributed by atoms with Crippen molar-refractivity contribution in [3.05, 3.63) is 65.4 Å². The molecular weight excluding hydrogens is 252 g/mol. The molecule has 3 nitrogen and oxygen atoms in total. The van der Waals surface area contributed by atoms with Gasteiger partial charge < -0.3 is 14.3 Å². The van der Waals surface area contributed by atoms with E-state index in [9.17, 15) is 5.11 Å². The molecule has 0 saturated carbocycles. The van der Waals surface area contributed by atoms with Crippen LogP contribution < -0.4 is 4.74 Å². The van der Waals surface area contributed by atoms with E-state index in [-0.39, 0.29) is 0 Å². The number of rotatable bonds is 2. The smallest absolute Gasteiger partial charge is 0.140 e. The van der Waals surface area contributed by atoms with E-state index in [2.05, 4.69) is 0 Å². The molecule has 3 aromatic rings. The molecule has 4 rings (SSSR count). The van der Waals surface area contributed by atoms with Crippen molar-refractivity contribution in [1.29, 1.82) is 0 Å². The number of aliphatic hydroxyl groups is 1. The largest absolute Gasteiger partial charge is 0.493 e. The first-order valence-electron chi connectivity index (χ1n) is 6.74. The van der Waals surface area contributed by atoms with E-state index < -0.39 is 6.10 Å².